The molecule has 0 radical (unpaired) electrons. The molecule has 0 amide bonds. The van der Waals surface area contributed by atoms with Crippen LogP contribution in [0.3, 0.4) is 0 Å². The Balaban J connectivity index is 1.25. The fourth-order valence-corrected chi connectivity index (χ4v) is 12.3. The lowest BCUT2D eigenvalue weighted by Gasteiger charge is -2.04. The smallest absolute Gasteiger partial charge is 0.0708 e. The summed E-state index contributed by atoms with van der Waals surface area (Å²) in [7, 11) is 0. The van der Waals surface area contributed by atoms with Gasteiger partial charge in [-0.3, -0.25) is 0 Å². The minimum absolute atomic E-state index is 1.20. The molecule has 0 nitrogen and oxygen atoms in total. The summed E-state index contributed by atoms with van der Waals surface area (Å²) >= 11 is 15.4. The van der Waals surface area contributed by atoms with Crippen LogP contribution in [0.2, 0.25) is 0 Å². The molecule has 6 heteroatoms. The van der Waals surface area contributed by atoms with Gasteiger partial charge < -0.3 is 0 Å². The van der Waals surface area contributed by atoms with Crippen molar-refractivity contribution in [2.24, 2.45) is 0 Å². The largest absolute Gasteiger partial charge is 0.133 e. The van der Waals surface area contributed by atoms with Crippen molar-refractivity contribution in [2.45, 2.75) is 155 Å². The summed E-state index contributed by atoms with van der Waals surface area (Å²) in [5, 5.41) is 0. The van der Waals surface area contributed by atoms with Gasteiger partial charge in [-0.05, 0) is 92.9 Å². The Morgan fingerprint density at radius 3 is 1.07 bits per heavy atom. The molecule has 244 valence electrons. The molecule has 0 atom stereocenters. The van der Waals surface area contributed by atoms with Crippen LogP contribution in [-0.2, 0) is 12.8 Å². The summed E-state index contributed by atoms with van der Waals surface area (Å²) in [5.74, 6) is 0. The third-order valence-electron chi connectivity index (χ3n) is 8.81. The Bertz CT molecular complexity index is 1210. The number of fused-ring (bicyclic) bond motifs is 1. The van der Waals surface area contributed by atoms with E-state index >= 15 is 0 Å². The number of aryl methyl sites for hydroxylation is 2. The van der Waals surface area contributed by atoms with E-state index in [1.54, 1.807) is 0 Å². The predicted molar refractivity (Wildman–Crippen MR) is 213 cm³/mol. The predicted octanol–water partition coefficient (Wildman–Crippen LogP) is 16.9. The second-order valence-electron chi connectivity index (χ2n) is 12.6. The number of rotatable bonds is 24. The van der Waals surface area contributed by atoms with Crippen LogP contribution in [0.4, 0.5) is 0 Å². The van der Waals surface area contributed by atoms with Crippen LogP contribution in [0.5, 0.6) is 0 Å². The van der Waals surface area contributed by atoms with Crippen molar-refractivity contribution >= 4 is 86.6 Å². The quantitative estimate of drug-likeness (QED) is 0.0620. The maximum absolute atomic E-state index is 3.81. The van der Waals surface area contributed by atoms with Crippen LogP contribution in [-0.4, -0.2) is 0 Å². The molecule has 0 saturated heterocycles. The Hall–Kier alpha value is 0.0200. The van der Waals surface area contributed by atoms with Crippen LogP contribution in [0.25, 0.3) is 28.9 Å². The molecule has 0 spiro atoms. The van der Waals surface area contributed by atoms with E-state index in [0.29, 0.717) is 0 Å². The Kier molecular flexibility index (Phi) is 17.7. The molecule has 4 rings (SSSR count). The van der Waals surface area contributed by atoms with Crippen LogP contribution in [0.15, 0.2) is 31.8 Å². The second kappa shape index (κ2) is 21.1. The molecule has 4 heterocycles. The molecule has 0 aliphatic carbocycles. The molecule has 0 N–H and O–H groups in total. The Morgan fingerprint density at radius 1 is 0.409 bits per heavy atom. The molecular weight excluding hydrogens is 744 g/mol. The van der Waals surface area contributed by atoms with Crippen molar-refractivity contribution in [3.63, 3.8) is 0 Å². The number of hydrogen-bond donors (Lipinski definition) is 0. The first-order valence-electron chi connectivity index (χ1n) is 17.7. The maximum Gasteiger partial charge on any atom is 0.0708 e. The zero-order chi connectivity index (χ0) is 31.0. The van der Waals surface area contributed by atoms with Gasteiger partial charge >= 0.3 is 0 Å². The van der Waals surface area contributed by atoms with Crippen molar-refractivity contribution < 1.29 is 0 Å². The van der Waals surface area contributed by atoms with E-state index < -0.39 is 0 Å². The molecule has 0 bridgehead atoms. The summed E-state index contributed by atoms with van der Waals surface area (Å²) < 4.78 is 5.44. The lowest BCUT2D eigenvalue weighted by Crippen LogP contribution is -1.87. The highest BCUT2D eigenvalue weighted by Crippen LogP contribution is 2.48. The van der Waals surface area contributed by atoms with Crippen LogP contribution < -0.4 is 0 Å². The molecule has 0 saturated carbocycles. The van der Waals surface area contributed by atoms with E-state index in [1.165, 1.54) is 189 Å². The topological polar surface area (TPSA) is 0 Å². The Morgan fingerprint density at radius 2 is 0.727 bits per heavy atom. The van der Waals surface area contributed by atoms with Gasteiger partial charge in [0.25, 0.3) is 0 Å². The van der Waals surface area contributed by atoms with Crippen molar-refractivity contribution in [2.75, 3.05) is 0 Å². The first-order valence-corrected chi connectivity index (χ1v) is 22.5. The minimum atomic E-state index is 1.20. The maximum atomic E-state index is 3.81. The summed E-state index contributed by atoms with van der Waals surface area (Å²) in [6, 6.07) is 9.71. The van der Waals surface area contributed by atoms with Crippen molar-refractivity contribution in [3.05, 3.63) is 43.0 Å². The lowest BCUT2D eigenvalue weighted by molar-refractivity contribution is 0.556. The van der Waals surface area contributed by atoms with Crippen LogP contribution in [0, 0.1) is 0 Å². The molecule has 0 unspecified atom stereocenters. The fourth-order valence-electron chi connectivity index (χ4n) is 6.24. The highest BCUT2D eigenvalue weighted by Gasteiger charge is 2.17. The van der Waals surface area contributed by atoms with E-state index in [2.05, 4.69) is 70.0 Å². The first kappa shape index (κ1) is 36.8. The highest BCUT2D eigenvalue weighted by atomic mass is 79.9. The van der Waals surface area contributed by atoms with E-state index in [0.717, 1.165) is 0 Å². The zero-order valence-corrected chi connectivity index (χ0v) is 33.7. The third-order valence-corrected chi connectivity index (χ3v) is 14.8. The summed E-state index contributed by atoms with van der Waals surface area (Å²) in [6.45, 7) is 4.60. The molecular formula is C38H54Br2S4. The monoisotopic (exact) mass is 796 g/mol. The summed E-state index contributed by atoms with van der Waals surface area (Å²) in [4.78, 5) is 5.88. The van der Waals surface area contributed by atoms with Gasteiger partial charge in [0.05, 0.1) is 7.57 Å². The normalized spacial score (nSPS) is 11.8. The van der Waals surface area contributed by atoms with Crippen molar-refractivity contribution in [3.8, 4) is 19.5 Å². The van der Waals surface area contributed by atoms with E-state index in [4.69, 9.17) is 0 Å². The molecule has 4 aromatic rings. The average Bonchev–Trinajstić information content (AvgIpc) is 3.77. The van der Waals surface area contributed by atoms with Gasteiger partial charge in [0.15, 0.2) is 0 Å². The third kappa shape index (κ3) is 12.2. The van der Waals surface area contributed by atoms with Gasteiger partial charge in [0.1, 0.15) is 0 Å². The average molecular weight is 799 g/mol. The molecule has 0 aliphatic rings. The van der Waals surface area contributed by atoms with Crippen molar-refractivity contribution in [1.29, 1.82) is 0 Å². The highest BCUT2D eigenvalue weighted by molar-refractivity contribution is 9.11. The Labute approximate surface area is 301 Å². The SMILES string of the molecule is CCCCCCCCCCCCc1cc(Br)sc1-c1cc2sc(-c3sc(Br)cc3CCCCCCCCCCCC)cc2s1. The van der Waals surface area contributed by atoms with Crippen LogP contribution in [0.1, 0.15) is 153 Å². The van der Waals surface area contributed by atoms with E-state index in [9.17, 15) is 0 Å². The van der Waals surface area contributed by atoms with Gasteiger partial charge in [-0.2, -0.15) is 0 Å². The van der Waals surface area contributed by atoms with Gasteiger partial charge in [-0.15, -0.1) is 45.3 Å². The number of thiophene rings is 4. The van der Waals surface area contributed by atoms with Crippen LogP contribution >= 0.6 is 77.2 Å². The van der Waals surface area contributed by atoms with Gasteiger partial charge in [-0.1, -0.05) is 129 Å². The van der Waals surface area contributed by atoms with Crippen molar-refractivity contribution in [1.82, 2.24) is 0 Å². The van der Waals surface area contributed by atoms with E-state index in [-0.39, 0.29) is 0 Å². The van der Waals surface area contributed by atoms with Gasteiger partial charge in [0.2, 0.25) is 0 Å². The van der Waals surface area contributed by atoms with E-state index in [1.807, 2.05) is 45.3 Å². The molecule has 4 aromatic heterocycles. The molecule has 44 heavy (non-hydrogen) atoms. The minimum Gasteiger partial charge on any atom is -0.133 e. The summed E-state index contributed by atoms with van der Waals surface area (Å²) in [5.41, 5.74) is 3.08. The fraction of sp³-hybridized carbons (Fsp3) is 0.632. The first-order chi connectivity index (χ1) is 21.6. The molecule has 0 aliphatic heterocycles. The molecule has 0 aromatic carbocycles. The zero-order valence-electron chi connectivity index (χ0n) is 27.3. The number of unbranched alkanes of at least 4 members (excludes halogenated alkanes) is 18. The lowest BCUT2D eigenvalue weighted by atomic mass is 10.0. The number of halogens is 2. The second-order valence-corrected chi connectivity index (χ2v) is 19.7. The van der Waals surface area contributed by atoms with Gasteiger partial charge in [0, 0.05) is 28.9 Å². The number of hydrogen-bond acceptors (Lipinski definition) is 4. The van der Waals surface area contributed by atoms with Gasteiger partial charge in [-0.25, -0.2) is 0 Å². The molecule has 0 fully saturated rings. The summed E-state index contributed by atoms with van der Waals surface area (Å²) in [6.07, 6.45) is 30.3. The standard InChI is InChI=1S/C38H54Br2S4/c1-3-5-7-9-11-13-15-17-19-21-23-29-25-35(39)43-37(29)33-27-31-32(41-33)28-34(42-31)38-30(26-36(40)44-38)24-22-20-18-16-14-12-10-8-6-4-2/h25-28H,3-24H2,1-2H3.